The second kappa shape index (κ2) is 4.55. The van der Waals surface area contributed by atoms with Crippen LogP contribution in [0.25, 0.3) is 0 Å². The second-order valence-electron chi connectivity index (χ2n) is 3.65. The van der Waals surface area contributed by atoms with Crippen molar-refractivity contribution in [3.8, 4) is 0 Å². The highest BCUT2D eigenvalue weighted by molar-refractivity contribution is 8.00. The zero-order chi connectivity index (χ0) is 10.8. The second-order valence-corrected chi connectivity index (χ2v) is 5.69. The molecule has 0 N–H and O–H groups in total. The van der Waals surface area contributed by atoms with E-state index in [4.69, 9.17) is 4.42 Å². The fourth-order valence-electron chi connectivity index (χ4n) is 1.82. The van der Waals surface area contributed by atoms with Crippen molar-refractivity contribution in [2.45, 2.75) is 16.0 Å². The van der Waals surface area contributed by atoms with E-state index < -0.39 is 0 Å². The number of fused-ring (bicyclic) bond motifs is 1. The summed E-state index contributed by atoms with van der Waals surface area (Å²) >= 11 is 3.65. The lowest BCUT2D eigenvalue weighted by Crippen LogP contribution is -1.99. The molecule has 1 unspecified atom stereocenters. The quantitative estimate of drug-likeness (QED) is 0.775. The van der Waals surface area contributed by atoms with Crippen LogP contribution in [0.4, 0.5) is 0 Å². The van der Waals surface area contributed by atoms with E-state index in [1.165, 1.54) is 16.2 Å². The predicted molar refractivity (Wildman–Crippen MR) is 67.1 cm³/mol. The van der Waals surface area contributed by atoms with Crippen LogP contribution in [0, 0.1) is 0 Å². The summed E-state index contributed by atoms with van der Waals surface area (Å²) in [4.78, 5) is 5.55. The highest BCUT2D eigenvalue weighted by Gasteiger charge is 2.22. The molecule has 2 heterocycles. The third-order valence-electron chi connectivity index (χ3n) is 2.62. The molecular weight excluding hydrogens is 238 g/mol. The highest BCUT2D eigenvalue weighted by atomic mass is 32.2. The van der Waals surface area contributed by atoms with Crippen LogP contribution < -0.4 is 0 Å². The number of rotatable bonds is 3. The lowest BCUT2D eigenvalue weighted by atomic mass is 10.0. The monoisotopic (exact) mass is 249 g/mol. The molecule has 3 rings (SSSR count). The summed E-state index contributed by atoms with van der Waals surface area (Å²) in [6, 6.07) is 8.66. The van der Waals surface area contributed by atoms with Crippen LogP contribution in [-0.2, 0) is 0 Å². The van der Waals surface area contributed by atoms with E-state index in [2.05, 4.69) is 29.2 Å². The van der Waals surface area contributed by atoms with E-state index in [1.807, 2.05) is 11.8 Å². The van der Waals surface area contributed by atoms with Gasteiger partial charge in [0.25, 0.3) is 5.22 Å². The molecule has 0 amide bonds. The first-order valence-electron chi connectivity index (χ1n) is 5.17. The van der Waals surface area contributed by atoms with Crippen molar-refractivity contribution in [1.29, 1.82) is 0 Å². The third kappa shape index (κ3) is 1.99. The van der Waals surface area contributed by atoms with Crippen molar-refractivity contribution >= 4 is 23.5 Å². The number of hydrogen-bond donors (Lipinski definition) is 0. The molecule has 16 heavy (non-hydrogen) atoms. The molecular formula is C12H11NOS2. The average molecular weight is 249 g/mol. The van der Waals surface area contributed by atoms with Crippen LogP contribution in [0.5, 0.6) is 0 Å². The lowest BCUT2D eigenvalue weighted by molar-refractivity contribution is 0.454. The number of aromatic nitrogens is 1. The van der Waals surface area contributed by atoms with Gasteiger partial charge in [-0.05, 0) is 11.6 Å². The van der Waals surface area contributed by atoms with Gasteiger partial charge in [0.1, 0.15) is 6.26 Å². The van der Waals surface area contributed by atoms with Crippen molar-refractivity contribution in [2.75, 3.05) is 11.5 Å². The third-order valence-corrected chi connectivity index (χ3v) is 4.89. The number of hydrogen-bond acceptors (Lipinski definition) is 4. The smallest absolute Gasteiger partial charge is 0.255 e. The molecule has 1 atom stereocenters. The van der Waals surface area contributed by atoms with Gasteiger partial charge < -0.3 is 4.42 Å². The molecule has 0 saturated heterocycles. The maximum atomic E-state index is 5.23. The van der Waals surface area contributed by atoms with E-state index in [-0.39, 0.29) is 0 Å². The zero-order valence-corrected chi connectivity index (χ0v) is 10.3. The first kappa shape index (κ1) is 10.3. The molecule has 0 saturated carbocycles. The van der Waals surface area contributed by atoms with Gasteiger partial charge in [-0.15, -0.1) is 11.8 Å². The van der Waals surface area contributed by atoms with E-state index >= 15 is 0 Å². The van der Waals surface area contributed by atoms with Crippen LogP contribution in [0.15, 0.2) is 51.3 Å². The van der Waals surface area contributed by atoms with Crippen LogP contribution >= 0.6 is 23.5 Å². The maximum absolute atomic E-state index is 5.23. The van der Waals surface area contributed by atoms with Crippen molar-refractivity contribution in [3.63, 3.8) is 0 Å². The first-order valence-corrected chi connectivity index (χ1v) is 7.14. The molecule has 1 aliphatic heterocycles. The topological polar surface area (TPSA) is 26.0 Å². The Kier molecular flexibility index (Phi) is 2.93. The fourth-order valence-corrected chi connectivity index (χ4v) is 4.12. The van der Waals surface area contributed by atoms with Crippen molar-refractivity contribution < 1.29 is 4.42 Å². The fraction of sp³-hybridized carbons (Fsp3) is 0.250. The Balaban J connectivity index is 1.69. The molecule has 1 aliphatic rings. The van der Waals surface area contributed by atoms with Gasteiger partial charge in [-0.25, -0.2) is 4.98 Å². The van der Waals surface area contributed by atoms with E-state index in [1.54, 1.807) is 24.2 Å². The largest absolute Gasteiger partial charge is 0.440 e. The molecule has 0 bridgehead atoms. The minimum absolute atomic E-state index is 0.623. The standard InChI is InChI=1S/C12H11NOS2/c1-2-4-11-10(3-1)9(7-15-11)8-16-12-13-5-6-14-12/h1-6,9H,7-8H2. The number of nitrogens with zero attached hydrogens (tertiary/aromatic N) is 1. The minimum Gasteiger partial charge on any atom is -0.440 e. The van der Waals surface area contributed by atoms with Gasteiger partial charge in [0.2, 0.25) is 0 Å². The Bertz CT molecular complexity index is 470. The van der Waals surface area contributed by atoms with Crippen LogP contribution in [0.1, 0.15) is 11.5 Å². The molecule has 0 aliphatic carbocycles. The minimum atomic E-state index is 0.623. The van der Waals surface area contributed by atoms with Gasteiger partial charge in [-0.1, -0.05) is 30.0 Å². The maximum Gasteiger partial charge on any atom is 0.255 e. The number of oxazole rings is 1. The summed E-state index contributed by atoms with van der Waals surface area (Å²) in [5.41, 5.74) is 1.48. The van der Waals surface area contributed by atoms with Crippen molar-refractivity contribution in [3.05, 3.63) is 42.3 Å². The van der Waals surface area contributed by atoms with Gasteiger partial charge in [-0.2, -0.15) is 0 Å². The zero-order valence-electron chi connectivity index (χ0n) is 8.63. The summed E-state index contributed by atoms with van der Waals surface area (Å²) in [5, 5.41) is 0.773. The molecule has 82 valence electrons. The van der Waals surface area contributed by atoms with E-state index in [0.717, 1.165) is 11.0 Å². The molecule has 1 aromatic heterocycles. The molecule has 4 heteroatoms. The van der Waals surface area contributed by atoms with Crippen LogP contribution in [-0.4, -0.2) is 16.5 Å². The lowest BCUT2D eigenvalue weighted by Gasteiger charge is -2.07. The summed E-state index contributed by atoms with van der Waals surface area (Å²) in [6.07, 6.45) is 3.32. The van der Waals surface area contributed by atoms with E-state index in [0.29, 0.717) is 5.92 Å². The number of benzene rings is 1. The van der Waals surface area contributed by atoms with Crippen LogP contribution in [0.2, 0.25) is 0 Å². The highest BCUT2D eigenvalue weighted by Crippen LogP contribution is 2.41. The Hall–Kier alpha value is -0.870. The molecule has 1 aromatic carbocycles. The van der Waals surface area contributed by atoms with Gasteiger partial charge in [0, 0.05) is 22.3 Å². The van der Waals surface area contributed by atoms with Crippen LogP contribution in [0.3, 0.4) is 0 Å². The van der Waals surface area contributed by atoms with Crippen molar-refractivity contribution in [2.24, 2.45) is 0 Å². The number of thioether (sulfide) groups is 2. The molecule has 0 radical (unpaired) electrons. The molecule has 0 spiro atoms. The first-order chi connectivity index (χ1) is 7.93. The van der Waals surface area contributed by atoms with Gasteiger partial charge >= 0.3 is 0 Å². The summed E-state index contributed by atoms with van der Waals surface area (Å²) < 4.78 is 5.23. The van der Waals surface area contributed by atoms with Crippen molar-refractivity contribution in [1.82, 2.24) is 4.98 Å². The predicted octanol–water partition coefficient (Wildman–Crippen LogP) is 3.66. The Labute approximate surface area is 103 Å². The average Bonchev–Trinajstić information content (AvgIpc) is 2.96. The normalized spacial score (nSPS) is 18.6. The van der Waals surface area contributed by atoms with Gasteiger partial charge in [0.05, 0.1) is 6.20 Å². The Morgan fingerprint density at radius 1 is 1.44 bits per heavy atom. The Morgan fingerprint density at radius 3 is 3.25 bits per heavy atom. The Morgan fingerprint density at radius 2 is 2.38 bits per heavy atom. The SMILES string of the molecule is c1ccc2c(c1)SCC2CSc1ncco1. The molecule has 0 fully saturated rings. The summed E-state index contributed by atoms with van der Waals surface area (Å²) in [7, 11) is 0. The van der Waals surface area contributed by atoms with Gasteiger partial charge in [-0.3, -0.25) is 0 Å². The van der Waals surface area contributed by atoms with Gasteiger partial charge in [0.15, 0.2) is 0 Å². The summed E-state index contributed by atoms with van der Waals surface area (Å²) in [5.74, 6) is 2.84. The van der Waals surface area contributed by atoms with E-state index in [9.17, 15) is 0 Å². The summed E-state index contributed by atoms with van der Waals surface area (Å²) in [6.45, 7) is 0. The molecule has 2 aromatic rings. The molecule has 2 nitrogen and oxygen atoms in total.